The Morgan fingerprint density at radius 3 is 2.93 bits per heavy atom. The van der Waals surface area contributed by atoms with Crippen molar-refractivity contribution in [2.24, 2.45) is 5.73 Å². The molecule has 4 heteroatoms. The molecule has 14 heavy (non-hydrogen) atoms. The van der Waals surface area contributed by atoms with E-state index >= 15 is 0 Å². The van der Waals surface area contributed by atoms with Gasteiger partial charge in [0.05, 0.1) is 12.6 Å². The monoisotopic (exact) mass is 211 g/mol. The number of aliphatic hydroxyl groups is 1. The van der Waals surface area contributed by atoms with Gasteiger partial charge in [-0.1, -0.05) is 0 Å². The van der Waals surface area contributed by atoms with E-state index in [4.69, 9.17) is 10.8 Å². The second-order valence-electron chi connectivity index (χ2n) is 3.12. The van der Waals surface area contributed by atoms with Crippen LogP contribution in [0.15, 0.2) is 24.3 Å². The third kappa shape index (κ3) is 1.64. The van der Waals surface area contributed by atoms with Crippen LogP contribution in [0, 0.1) is 5.82 Å². The maximum absolute atomic E-state index is 12.9. The molecule has 1 aromatic heterocycles. The van der Waals surface area contributed by atoms with Gasteiger partial charge in [-0.15, -0.1) is 11.3 Å². The molecule has 0 spiro atoms. The molecule has 0 unspecified atom stereocenters. The van der Waals surface area contributed by atoms with Crippen molar-refractivity contribution in [3.05, 3.63) is 35.0 Å². The highest BCUT2D eigenvalue weighted by molar-refractivity contribution is 7.19. The van der Waals surface area contributed by atoms with Gasteiger partial charge in [0.25, 0.3) is 0 Å². The van der Waals surface area contributed by atoms with Gasteiger partial charge in [-0.2, -0.15) is 0 Å². The van der Waals surface area contributed by atoms with E-state index in [1.54, 1.807) is 6.07 Å². The summed E-state index contributed by atoms with van der Waals surface area (Å²) in [5, 5.41) is 9.72. The summed E-state index contributed by atoms with van der Waals surface area (Å²) < 4.78 is 13.8. The Morgan fingerprint density at radius 1 is 1.43 bits per heavy atom. The topological polar surface area (TPSA) is 46.2 Å². The standard InChI is InChI=1S/C10H10FNOS/c11-7-1-2-9-6(3-7)4-10(14-9)8(12)5-13/h1-4,8,13H,5,12H2/t8-/m0/s1. The lowest BCUT2D eigenvalue weighted by Crippen LogP contribution is -2.12. The quantitative estimate of drug-likeness (QED) is 0.798. The zero-order valence-corrected chi connectivity index (χ0v) is 8.22. The van der Waals surface area contributed by atoms with Crippen LogP contribution in [-0.2, 0) is 0 Å². The Bertz CT molecular complexity index is 454. The molecule has 0 amide bonds. The SMILES string of the molecule is N[C@@H](CO)c1cc2cc(F)ccc2s1. The number of aliphatic hydroxyl groups excluding tert-OH is 1. The van der Waals surface area contributed by atoms with Crippen LogP contribution in [-0.4, -0.2) is 11.7 Å². The lowest BCUT2D eigenvalue weighted by atomic mass is 10.2. The Balaban J connectivity index is 2.51. The molecule has 2 aromatic rings. The summed E-state index contributed by atoms with van der Waals surface area (Å²) in [6, 6.07) is 6.08. The van der Waals surface area contributed by atoms with Crippen molar-refractivity contribution < 1.29 is 9.50 Å². The predicted octanol–water partition coefficient (Wildman–Crippen LogP) is 2.03. The van der Waals surface area contributed by atoms with E-state index in [1.807, 2.05) is 6.07 Å². The van der Waals surface area contributed by atoms with Crippen molar-refractivity contribution >= 4 is 21.4 Å². The van der Waals surface area contributed by atoms with E-state index in [0.29, 0.717) is 0 Å². The first-order valence-electron chi connectivity index (χ1n) is 4.26. The molecule has 0 fully saturated rings. The molecule has 0 aliphatic carbocycles. The van der Waals surface area contributed by atoms with E-state index in [2.05, 4.69) is 0 Å². The fraction of sp³-hybridized carbons (Fsp3) is 0.200. The van der Waals surface area contributed by atoms with Crippen LogP contribution < -0.4 is 5.73 Å². The summed E-state index contributed by atoms with van der Waals surface area (Å²) in [7, 11) is 0. The van der Waals surface area contributed by atoms with Gasteiger partial charge in [-0.3, -0.25) is 0 Å². The van der Waals surface area contributed by atoms with Crippen LogP contribution in [0.25, 0.3) is 10.1 Å². The van der Waals surface area contributed by atoms with E-state index in [0.717, 1.165) is 15.0 Å². The highest BCUT2D eigenvalue weighted by atomic mass is 32.1. The summed E-state index contributed by atoms with van der Waals surface area (Å²) in [5.74, 6) is -0.251. The molecule has 3 N–H and O–H groups in total. The molecule has 2 nitrogen and oxygen atoms in total. The molecule has 1 atom stereocenters. The highest BCUT2D eigenvalue weighted by Crippen LogP contribution is 2.29. The van der Waals surface area contributed by atoms with Gasteiger partial charge in [0.1, 0.15) is 5.82 Å². The molecule has 0 aliphatic heterocycles. The van der Waals surface area contributed by atoms with Crippen LogP contribution in [0.4, 0.5) is 4.39 Å². The first-order chi connectivity index (χ1) is 6.70. The third-order valence-electron chi connectivity index (χ3n) is 2.06. The summed E-state index contributed by atoms with van der Waals surface area (Å²) >= 11 is 1.49. The van der Waals surface area contributed by atoms with E-state index in [1.165, 1.54) is 23.5 Å². The van der Waals surface area contributed by atoms with Crippen LogP contribution in [0.2, 0.25) is 0 Å². The average molecular weight is 211 g/mol. The summed E-state index contributed by atoms with van der Waals surface area (Å²) in [4.78, 5) is 0.883. The molecule has 0 saturated heterocycles. The summed E-state index contributed by atoms with van der Waals surface area (Å²) in [6.45, 7) is -0.0880. The number of rotatable bonds is 2. The molecule has 74 valence electrons. The first-order valence-corrected chi connectivity index (χ1v) is 5.08. The normalized spacial score (nSPS) is 13.4. The van der Waals surface area contributed by atoms with E-state index in [9.17, 15) is 4.39 Å². The van der Waals surface area contributed by atoms with Gasteiger partial charge in [0.2, 0.25) is 0 Å². The Hall–Kier alpha value is -0.970. The second-order valence-corrected chi connectivity index (χ2v) is 4.24. The second kappa shape index (κ2) is 3.65. The van der Waals surface area contributed by atoms with Gasteiger partial charge in [0, 0.05) is 9.58 Å². The number of hydrogen-bond donors (Lipinski definition) is 2. The predicted molar refractivity (Wildman–Crippen MR) is 55.8 cm³/mol. The van der Waals surface area contributed by atoms with Crippen molar-refractivity contribution in [2.45, 2.75) is 6.04 Å². The Kier molecular flexibility index (Phi) is 2.50. The molecule has 0 aliphatic rings. The van der Waals surface area contributed by atoms with E-state index < -0.39 is 0 Å². The fourth-order valence-corrected chi connectivity index (χ4v) is 2.34. The van der Waals surface area contributed by atoms with Gasteiger partial charge in [-0.25, -0.2) is 4.39 Å². The number of nitrogens with two attached hydrogens (primary N) is 1. The zero-order valence-electron chi connectivity index (χ0n) is 7.40. The van der Waals surface area contributed by atoms with Crippen LogP contribution in [0.5, 0.6) is 0 Å². The van der Waals surface area contributed by atoms with Crippen molar-refractivity contribution in [3.63, 3.8) is 0 Å². The molecule has 1 heterocycles. The average Bonchev–Trinajstić information content (AvgIpc) is 2.59. The van der Waals surface area contributed by atoms with Gasteiger partial charge >= 0.3 is 0 Å². The van der Waals surface area contributed by atoms with Crippen LogP contribution in [0.1, 0.15) is 10.9 Å². The minimum absolute atomic E-state index is 0.0880. The van der Waals surface area contributed by atoms with Crippen molar-refractivity contribution in [3.8, 4) is 0 Å². The van der Waals surface area contributed by atoms with Crippen molar-refractivity contribution in [2.75, 3.05) is 6.61 Å². The first kappa shape index (κ1) is 9.58. The summed E-state index contributed by atoms with van der Waals surface area (Å²) in [5.41, 5.74) is 5.66. The van der Waals surface area contributed by atoms with Gasteiger partial charge in [0.15, 0.2) is 0 Å². The largest absolute Gasteiger partial charge is 0.394 e. The lowest BCUT2D eigenvalue weighted by Gasteiger charge is -2.02. The Labute approximate surface area is 84.8 Å². The van der Waals surface area contributed by atoms with Gasteiger partial charge < -0.3 is 10.8 Å². The lowest BCUT2D eigenvalue weighted by molar-refractivity contribution is 0.269. The molecular weight excluding hydrogens is 201 g/mol. The number of hydrogen-bond acceptors (Lipinski definition) is 3. The molecule has 1 aromatic carbocycles. The van der Waals surface area contributed by atoms with Crippen LogP contribution in [0.3, 0.4) is 0 Å². The molecule has 2 rings (SSSR count). The van der Waals surface area contributed by atoms with E-state index in [-0.39, 0.29) is 18.5 Å². The van der Waals surface area contributed by atoms with Crippen LogP contribution >= 0.6 is 11.3 Å². The number of benzene rings is 1. The third-order valence-corrected chi connectivity index (χ3v) is 3.31. The Morgan fingerprint density at radius 2 is 2.21 bits per heavy atom. The van der Waals surface area contributed by atoms with Crippen molar-refractivity contribution in [1.82, 2.24) is 0 Å². The molecular formula is C10H10FNOS. The van der Waals surface area contributed by atoms with Gasteiger partial charge in [-0.05, 0) is 29.7 Å². The minimum atomic E-state index is -0.365. The van der Waals surface area contributed by atoms with Crippen molar-refractivity contribution in [1.29, 1.82) is 0 Å². The minimum Gasteiger partial charge on any atom is -0.394 e. The summed E-state index contributed by atoms with van der Waals surface area (Å²) in [6.07, 6.45) is 0. The fourth-order valence-electron chi connectivity index (χ4n) is 1.31. The number of fused-ring (bicyclic) bond motifs is 1. The zero-order chi connectivity index (χ0) is 10.1. The number of halogens is 1. The smallest absolute Gasteiger partial charge is 0.123 e. The maximum Gasteiger partial charge on any atom is 0.123 e. The molecule has 0 radical (unpaired) electrons. The highest BCUT2D eigenvalue weighted by Gasteiger charge is 2.08. The molecule has 0 saturated carbocycles. The maximum atomic E-state index is 12.9. The number of thiophene rings is 1. The molecule has 0 bridgehead atoms.